The van der Waals surface area contributed by atoms with Gasteiger partial charge in [-0.15, -0.1) is 0 Å². The Kier molecular flexibility index (Phi) is 3.33. The summed E-state index contributed by atoms with van der Waals surface area (Å²) in [6.07, 6.45) is 0.682. The van der Waals surface area contributed by atoms with Crippen LogP contribution in [-0.4, -0.2) is 22.3 Å². The quantitative estimate of drug-likeness (QED) is 0.335. The number of carbonyl (C=O) groups excluding carboxylic acids is 1. The molecule has 0 atom stereocenters. The van der Waals surface area contributed by atoms with Gasteiger partial charge in [0.2, 0.25) is 0 Å². The maximum atomic E-state index is 10.9. The van der Waals surface area contributed by atoms with Crippen LogP contribution in [0.5, 0.6) is 0 Å². The number of anilines is 1. The van der Waals surface area contributed by atoms with Gasteiger partial charge < -0.3 is 10.5 Å². The van der Waals surface area contributed by atoms with E-state index >= 15 is 0 Å². The largest absolute Gasteiger partial charge is 0.411 e. The summed E-state index contributed by atoms with van der Waals surface area (Å²) >= 11 is 0. The highest BCUT2D eigenvalue weighted by molar-refractivity contribution is 6.31. The molecule has 1 rings (SSSR count). The number of nitrogens with zero attached hydrogens (tertiary/aromatic N) is 2. The van der Waals surface area contributed by atoms with Gasteiger partial charge in [-0.3, -0.25) is 14.9 Å². The second kappa shape index (κ2) is 4.70. The van der Waals surface area contributed by atoms with Gasteiger partial charge in [0.1, 0.15) is 6.21 Å². The zero-order valence-corrected chi connectivity index (χ0v) is 7.45. The first-order valence-electron chi connectivity index (χ1n) is 3.86. The lowest BCUT2D eigenvalue weighted by atomic mass is 10.3. The van der Waals surface area contributed by atoms with E-state index in [-0.39, 0.29) is 5.69 Å². The van der Waals surface area contributed by atoms with Gasteiger partial charge in [-0.05, 0) is 12.1 Å². The minimum Gasteiger partial charge on any atom is -0.411 e. The summed E-state index contributed by atoms with van der Waals surface area (Å²) in [7, 11) is 0. The Morgan fingerprint density at radius 3 is 2.53 bits per heavy atom. The van der Waals surface area contributed by atoms with Crippen LogP contribution in [0.2, 0.25) is 0 Å². The molecule has 2 N–H and O–H groups in total. The molecule has 0 heterocycles. The van der Waals surface area contributed by atoms with Crippen molar-refractivity contribution < 1.29 is 14.9 Å². The van der Waals surface area contributed by atoms with Gasteiger partial charge >= 0.3 is 0 Å². The Balaban J connectivity index is 2.72. The third-order valence-corrected chi connectivity index (χ3v) is 1.52. The number of non-ortho nitro benzene ring substituents is 1. The average Bonchev–Trinajstić information content (AvgIpc) is 2.18. The van der Waals surface area contributed by atoms with Gasteiger partial charge in [0.25, 0.3) is 11.6 Å². The molecule has 0 fully saturated rings. The van der Waals surface area contributed by atoms with Crippen LogP contribution in [0.25, 0.3) is 0 Å². The van der Waals surface area contributed by atoms with Crippen molar-refractivity contribution in [1.29, 1.82) is 0 Å². The fourth-order valence-electron chi connectivity index (χ4n) is 0.893. The first-order valence-corrected chi connectivity index (χ1v) is 3.86. The average molecular weight is 209 g/mol. The molecule has 0 aliphatic rings. The molecule has 0 saturated carbocycles. The normalized spacial score (nSPS) is 10.1. The van der Waals surface area contributed by atoms with E-state index in [0.717, 1.165) is 0 Å². The molecule has 1 amide bonds. The van der Waals surface area contributed by atoms with Crippen LogP contribution in [0, 0.1) is 10.1 Å². The molecule has 0 aliphatic carbocycles. The maximum absolute atomic E-state index is 10.9. The highest BCUT2D eigenvalue weighted by Gasteiger charge is 2.04. The van der Waals surface area contributed by atoms with Gasteiger partial charge in [0, 0.05) is 17.8 Å². The first kappa shape index (κ1) is 10.6. The molecule has 0 radical (unpaired) electrons. The fourth-order valence-corrected chi connectivity index (χ4v) is 0.893. The number of hydrogen-bond donors (Lipinski definition) is 2. The molecule has 0 unspecified atom stereocenters. The van der Waals surface area contributed by atoms with E-state index in [1.807, 2.05) is 0 Å². The van der Waals surface area contributed by atoms with Crippen molar-refractivity contribution in [2.45, 2.75) is 0 Å². The van der Waals surface area contributed by atoms with E-state index in [1.54, 1.807) is 0 Å². The highest BCUT2D eigenvalue weighted by atomic mass is 16.6. The fraction of sp³-hybridized carbons (Fsp3) is 0. The molecule has 1 aromatic rings. The summed E-state index contributed by atoms with van der Waals surface area (Å²) in [5.41, 5.74) is 0.314. The number of rotatable bonds is 3. The monoisotopic (exact) mass is 209 g/mol. The third kappa shape index (κ3) is 3.07. The summed E-state index contributed by atoms with van der Waals surface area (Å²) in [4.78, 5) is 20.6. The van der Waals surface area contributed by atoms with Crippen LogP contribution >= 0.6 is 0 Å². The van der Waals surface area contributed by atoms with Crippen molar-refractivity contribution in [3.8, 4) is 0 Å². The summed E-state index contributed by atoms with van der Waals surface area (Å²) in [5.74, 6) is -0.619. The molecular weight excluding hydrogens is 202 g/mol. The summed E-state index contributed by atoms with van der Waals surface area (Å²) in [5, 5.41) is 23.2. The third-order valence-electron chi connectivity index (χ3n) is 1.52. The van der Waals surface area contributed by atoms with Gasteiger partial charge in [0.15, 0.2) is 0 Å². The number of hydrogen-bond acceptors (Lipinski definition) is 5. The number of amides is 1. The zero-order chi connectivity index (χ0) is 11.3. The van der Waals surface area contributed by atoms with Crippen LogP contribution in [0.3, 0.4) is 0 Å². The Hall–Kier alpha value is -2.44. The molecule has 15 heavy (non-hydrogen) atoms. The van der Waals surface area contributed by atoms with E-state index in [1.165, 1.54) is 24.3 Å². The van der Waals surface area contributed by atoms with Gasteiger partial charge in [-0.25, -0.2) is 0 Å². The Morgan fingerprint density at radius 1 is 1.47 bits per heavy atom. The van der Waals surface area contributed by atoms with Crippen molar-refractivity contribution in [2.75, 3.05) is 5.32 Å². The maximum Gasteiger partial charge on any atom is 0.270 e. The smallest absolute Gasteiger partial charge is 0.270 e. The van der Waals surface area contributed by atoms with Gasteiger partial charge in [-0.1, -0.05) is 5.16 Å². The molecule has 7 nitrogen and oxygen atoms in total. The van der Waals surface area contributed by atoms with Gasteiger partial charge in [0.05, 0.1) is 4.92 Å². The van der Waals surface area contributed by atoms with Gasteiger partial charge in [-0.2, -0.15) is 0 Å². The SMILES string of the molecule is O=C(C=NO)Nc1ccc([N+](=O)[O-])cc1. The lowest BCUT2D eigenvalue weighted by molar-refractivity contribution is -0.384. The molecule has 7 heteroatoms. The number of carbonyl (C=O) groups is 1. The highest BCUT2D eigenvalue weighted by Crippen LogP contribution is 2.14. The second-order valence-electron chi connectivity index (χ2n) is 2.54. The van der Waals surface area contributed by atoms with E-state index < -0.39 is 10.8 Å². The van der Waals surface area contributed by atoms with Crippen molar-refractivity contribution in [3.05, 3.63) is 34.4 Å². The minimum atomic E-state index is -0.619. The Bertz CT molecular complexity index is 399. The molecule has 1 aromatic carbocycles. The molecule has 0 bridgehead atoms. The number of benzene rings is 1. The standard InChI is InChI=1S/C8H7N3O4/c12-8(5-9-13)10-6-1-3-7(4-2-6)11(14)15/h1-5,13H,(H,10,12). The zero-order valence-electron chi connectivity index (χ0n) is 7.45. The number of oxime groups is 1. The predicted octanol–water partition coefficient (Wildman–Crippen LogP) is 0.993. The molecule has 0 spiro atoms. The predicted molar refractivity (Wildman–Crippen MR) is 52.0 cm³/mol. The first-order chi connectivity index (χ1) is 7.13. The summed E-state index contributed by atoms with van der Waals surface area (Å²) < 4.78 is 0. The van der Waals surface area contributed by atoms with Crippen LogP contribution in [-0.2, 0) is 4.79 Å². The Labute approximate surface area is 84.2 Å². The van der Waals surface area contributed by atoms with Crippen molar-refractivity contribution in [3.63, 3.8) is 0 Å². The van der Waals surface area contributed by atoms with E-state index in [2.05, 4.69) is 10.5 Å². The van der Waals surface area contributed by atoms with E-state index in [0.29, 0.717) is 11.9 Å². The summed E-state index contributed by atoms with van der Waals surface area (Å²) in [6.45, 7) is 0. The number of nitro benzene ring substituents is 1. The van der Waals surface area contributed by atoms with Crippen LogP contribution in [0.1, 0.15) is 0 Å². The number of nitro groups is 1. The van der Waals surface area contributed by atoms with Crippen LogP contribution < -0.4 is 5.32 Å². The molecule has 0 aromatic heterocycles. The van der Waals surface area contributed by atoms with E-state index in [4.69, 9.17) is 5.21 Å². The second-order valence-corrected chi connectivity index (χ2v) is 2.54. The summed E-state index contributed by atoms with van der Waals surface area (Å²) in [6, 6.07) is 5.26. The molecule has 78 valence electrons. The lowest BCUT2D eigenvalue weighted by Crippen LogP contribution is -2.12. The van der Waals surface area contributed by atoms with Crippen LogP contribution in [0.4, 0.5) is 11.4 Å². The number of nitrogens with one attached hydrogen (secondary N) is 1. The van der Waals surface area contributed by atoms with Crippen molar-refractivity contribution >= 4 is 23.5 Å². The van der Waals surface area contributed by atoms with Crippen LogP contribution in [0.15, 0.2) is 29.4 Å². The topological polar surface area (TPSA) is 105 Å². The Morgan fingerprint density at radius 2 is 2.07 bits per heavy atom. The van der Waals surface area contributed by atoms with Crippen molar-refractivity contribution in [1.82, 2.24) is 0 Å². The molecule has 0 aliphatic heterocycles. The van der Waals surface area contributed by atoms with E-state index in [9.17, 15) is 14.9 Å². The van der Waals surface area contributed by atoms with Crippen molar-refractivity contribution in [2.24, 2.45) is 5.16 Å². The molecule has 0 saturated heterocycles. The minimum absolute atomic E-state index is 0.0659. The lowest BCUT2D eigenvalue weighted by Gasteiger charge is -1.99. The molecular formula is C8H7N3O4.